The van der Waals surface area contributed by atoms with Crippen LogP contribution in [0, 0.1) is 0 Å². The van der Waals surface area contributed by atoms with Crippen LogP contribution in [0.5, 0.6) is 11.5 Å². The minimum atomic E-state index is 0.0320. The van der Waals surface area contributed by atoms with Crippen LogP contribution in [0.1, 0.15) is 21.7 Å². The summed E-state index contributed by atoms with van der Waals surface area (Å²) in [6.07, 6.45) is 0.669. The van der Waals surface area contributed by atoms with Crippen molar-refractivity contribution in [3.8, 4) is 11.5 Å². The van der Waals surface area contributed by atoms with Gasteiger partial charge in [-0.1, -0.05) is 18.2 Å². The first-order chi connectivity index (χ1) is 14.7. The van der Waals surface area contributed by atoms with Gasteiger partial charge in [0.25, 0.3) is 5.91 Å². The maximum atomic E-state index is 12.8. The predicted molar refractivity (Wildman–Crippen MR) is 117 cm³/mol. The third-order valence-corrected chi connectivity index (χ3v) is 5.92. The van der Waals surface area contributed by atoms with E-state index in [1.165, 1.54) is 11.5 Å². The van der Waals surface area contributed by atoms with E-state index in [4.69, 9.17) is 14.5 Å². The number of rotatable bonds is 6. The lowest BCUT2D eigenvalue weighted by Gasteiger charge is -2.34. The van der Waals surface area contributed by atoms with Crippen molar-refractivity contribution in [2.45, 2.75) is 6.42 Å². The largest absolute Gasteiger partial charge is 0.497 e. The van der Waals surface area contributed by atoms with Crippen molar-refractivity contribution in [2.75, 3.05) is 45.3 Å². The number of hydrogen-bond donors (Lipinski definition) is 0. The van der Waals surface area contributed by atoms with E-state index < -0.39 is 0 Å². The van der Waals surface area contributed by atoms with E-state index in [1.54, 1.807) is 20.3 Å². The fraction of sp³-hybridized carbons (Fsp3) is 0.318. The lowest BCUT2D eigenvalue weighted by Crippen LogP contribution is -2.48. The number of amides is 1. The molecule has 1 amide bonds. The molecule has 0 bridgehead atoms. The fourth-order valence-corrected chi connectivity index (χ4v) is 4.19. The first-order valence-electron chi connectivity index (χ1n) is 9.80. The van der Waals surface area contributed by atoms with Gasteiger partial charge in [0.05, 0.1) is 14.2 Å². The van der Waals surface area contributed by atoms with Crippen LogP contribution in [0.2, 0.25) is 0 Å². The summed E-state index contributed by atoms with van der Waals surface area (Å²) < 4.78 is 15.0. The van der Waals surface area contributed by atoms with Crippen molar-refractivity contribution in [3.05, 3.63) is 65.5 Å². The molecule has 0 spiro atoms. The Morgan fingerprint density at radius 3 is 2.43 bits per heavy atom. The second-order valence-electron chi connectivity index (χ2n) is 7.03. The minimum absolute atomic E-state index is 0.0320. The van der Waals surface area contributed by atoms with Gasteiger partial charge in [0.2, 0.25) is 5.13 Å². The molecule has 4 rings (SSSR count). The Kier molecular flexibility index (Phi) is 6.13. The average Bonchev–Trinajstić information content (AvgIpc) is 3.27. The van der Waals surface area contributed by atoms with Crippen molar-refractivity contribution in [2.24, 2.45) is 0 Å². The molecule has 0 radical (unpaired) electrons. The quantitative estimate of drug-likeness (QED) is 0.606. The Hall–Kier alpha value is -3.13. The van der Waals surface area contributed by atoms with Crippen LogP contribution in [-0.4, -0.2) is 60.6 Å². The molecule has 0 unspecified atom stereocenters. The van der Waals surface area contributed by atoms with Gasteiger partial charge in [0.15, 0.2) is 0 Å². The molecule has 7 nitrogen and oxygen atoms in total. The van der Waals surface area contributed by atoms with E-state index in [9.17, 15) is 4.79 Å². The number of carbonyl (C=O) groups excluding carboxylic acids is 1. The zero-order chi connectivity index (χ0) is 20.9. The van der Waals surface area contributed by atoms with Crippen LogP contribution in [0.15, 0.2) is 48.5 Å². The third kappa shape index (κ3) is 4.54. The SMILES string of the molecule is COc1cccc(Cc2nsc(N3CCN(C(=O)c4cccc(OC)c4)CC3)n2)c1. The van der Waals surface area contributed by atoms with E-state index in [0.29, 0.717) is 30.8 Å². The Bertz CT molecular complexity index is 1010. The average molecular weight is 425 g/mol. The molecule has 0 saturated carbocycles. The van der Waals surface area contributed by atoms with Crippen LogP contribution >= 0.6 is 11.5 Å². The van der Waals surface area contributed by atoms with Gasteiger partial charge >= 0.3 is 0 Å². The number of hydrogen-bond acceptors (Lipinski definition) is 7. The first kappa shape index (κ1) is 20.2. The highest BCUT2D eigenvalue weighted by Crippen LogP contribution is 2.22. The van der Waals surface area contributed by atoms with Gasteiger partial charge in [-0.2, -0.15) is 4.37 Å². The van der Waals surface area contributed by atoms with Crippen molar-refractivity contribution in [1.29, 1.82) is 0 Å². The maximum Gasteiger partial charge on any atom is 0.254 e. The highest BCUT2D eigenvalue weighted by molar-refractivity contribution is 7.09. The number of piperazine rings is 1. The van der Waals surface area contributed by atoms with Gasteiger partial charge in [-0.3, -0.25) is 4.79 Å². The van der Waals surface area contributed by atoms with Gasteiger partial charge in [-0.15, -0.1) is 0 Å². The lowest BCUT2D eigenvalue weighted by molar-refractivity contribution is 0.0746. The van der Waals surface area contributed by atoms with Crippen molar-refractivity contribution < 1.29 is 14.3 Å². The summed E-state index contributed by atoms with van der Waals surface area (Å²) in [5, 5.41) is 0.904. The van der Waals surface area contributed by atoms with Crippen LogP contribution in [0.25, 0.3) is 0 Å². The Morgan fingerprint density at radius 2 is 1.70 bits per heavy atom. The fourth-order valence-electron chi connectivity index (χ4n) is 3.45. The van der Waals surface area contributed by atoms with E-state index in [0.717, 1.165) is 35.4 Å². The molecule has 0 aliphatic carbocycles. The number of benzene rings is 2. The van der Waals surface area contributed by atoms with Gasteiger partial charge in [-0.25, -0.2) is 4.98 Å². The minimum Gasteiger partial charge on any atom is -0.497 e. The summed E-state index contributed by atoms with van der Waals surface area (Å²) in [5.74, 6) is 2.36. The number of carbonyl (C=O) groups is 1. The van der Waals surface area contributed by atoms with Gasteiger partial charge < -0.3 is 19.3 Å². The molecular formula is C22H24N4O3S. The summed E-state index contributed by atoms with van der Waals surface area (Å²) in [4.78, 5) is 21.6. The smallest absolute Gasteiger partial charge is 0.254 e. The topological polar surface area (TPSA) is 67.8 Å². The zero-order valence-electron chi connectivity index (χ0n) is 17.1. The molecule has 1 fully saturated rings. The standard InChI is InChI=1S/C22H24N4O3S/c1-28-18-7-3-5-16(13-18)14-20-23-22(30-24-20)26-11-9-25(10-12-26)21(27)17-6-4-8-19(15-17)29-2/h3-8,13,15H,9-12,14H2,1-2H3. The van der Waals surface area contributed by atoms with Crippen LogP contribution < -0.4 is 14.4 Å². The summed E-state index contributed by atoms with van der Waals surface area (Å²) in [6, 6.07) is 15.2. The number of ether oxygens (including phenoxy) is 2. The highest BCUT2D eigenvalue weighted by Gasteiger charge is 2.24. The van der Waals surface area contributed by atoms with Gasteiger partial charge in [0.1, 0.15) is 17.3 Å². The normalized spacial score (nSPS) is 13.9. The second-order valence-corrected chi connectivity index (χ2v) is 7.76. The van der Waals surface area contributed by atoms with Crippen molar-refractivity contribution in [3.63, 3.8) is 0 Å². The monoisotopic (exact) mass is 424 g/mol. The molecule has 1 saturated heterocycles. The van der Waals surface area contributed by atoms with Gasteiger partial charge in [0, 0.05) is 49.7 Å². The first-order valence-corrected chi connectivity index (χ1v) is 10.6. The van der Waals surface area contributed by atoms with Crippen molar-refractivity contribution in [1.82, 2.24) is 14.3 Å². The molecule has 2 aromatic carbocycles. The van der Waals surface area contributed by atoms with E-state index >= 15 is 0 Å². The number of nitrogens with zero attached hydrogens (tertiary/aromatic N) is 4. The number of aromatic nitrogens is 2. The predicted octanol–water partition coefficient (Wildman–Crippen LogP) is 3.11. The molecule has 0 atom stereocenters. The molecule has 8 heteroatoms. The molecular weight excluding hydrogens is 400 g/mol. The van der Waals surface area contributed by atoms with E-state index in [2.05, 4.69) is 9.27 Å². The summed E-state index contributed by atoms with van der Waals surface area (Å²) in [5.41, 5.74) is 1.77. The van der Waals surface area contributed by atoms with Crippen LogP contribution in [-0.2, 0) is 6.42 Å². The second kappa shape index (κ2) is 9.13. The Balaban J connectivity index is 1.35. The molecule has 0 N–H and O–H groups in total. The zero-order valence-corrected chi connectivity index (χ0v) is 17.9. The molecule has 30 heavy (non-hydrogen) atoms. The van der Waals surface area contributed by atoms with Crippen LogP contribution in [0.4, 0.5) is 5.13 Å². The molecule has 2 heterocycles. The summed E-state index contributed by atoms with van der Waals surface area (Å²) >= 11 is 1.41. The van der Waals surface area contributed by atoms with Gasteiger partial charge in [-0.05, 0) is 35.9 Å². The van der Waals surface area contributed by atoms with Crippen LogP contribution in [0.3, 0.4) is 0 Å². The number of methoxy groups -OCH3 is 2. The Labute approximate surface area is 180 Å². The molecule has 3 aromatic rings. The van der Waals surface area contributed by atoms with E-state index in [1.807, 2.05) is 47.4 Å². The molecule has 1 aromatic heterocycles. The Morgan fingerprint density at radius 1 is 1.00 bits per heavy atom. The van der Waals surface area contributed by atoms with E-state index in [-0.39, 0.29) is 5.91 Å². The summed E-state index contributed by atoms with van der Waals surface area (Å²) in [6.45, 7) is 2.79. The molecule has 156 valence electrons. The third-order valence-electron chi connectivity index (χ3n) is 5.11. The highest BCUT2D eigenvalue weighted by atomic mass is 32.1. The molecule has 1 aliphatic rings. The number of anilines is 1. The van der Waals surface area contributed by atoms with Crippen molar-refractivity contribution >= 4 is 22.6 Å². The maximum absolute atomic E-state index is 12.8. The summed E-state index contributed by atoms with van der Waals surface area (Å²) in [7, 11) is 3.27. The lowest BCUT2D eigenvalue weighted by atomic mass is 10.1. The molecule has 1 aliphatic heterocycles.